The van der Waals surface area contributed by atoms with Crippen LogP contribution < -0.4 is 0 Å². The molecular formula is C22H23N. The maximum absolute atomic E-state index is 2.35. The van der Waals surface area contributed by atoms with E-state index in [-0.39, 0.29) is 0 Å². The third kappa shape index (κ3) is 4.30. The topological polar surface area (TPSA) is 3.24 Å². The predicted molar refractivity (Wildman–Crippen MR) is 98.2 cm³/mol. The Balaban J connectivity index is 1.62. The number of nitrogens with zero attached hydrogens (tertiary/aromatic N) is 1. The molecule has 3 aromatic rings. The van der Waals surface area contributed by atoms with E-state index < -0.39 is 0 Å². The fraction of sp³-hybridized carbons (Fsp3) is 0.182. The largest absolute Gasteiger partial charge is 0.298 e. The lowest BCUT2D eigenvalue weighted by molar-refractivity contribution is 0.319. The Bertz CT molecular complexity index is 727. The summed E-state index contributed by atoms with van der Waals surface area (Å²) in [5, 5.41) is 0. The first-order chi connectivity index (χ1) is 11.2. The van der Waals surface area contributed by atoms with Crippen LogP contribution in [0.4, 0.5) is 0 Å². The van der Waals surface area contributed by atoms with Gasteiger partial charge in [0.25, 0.3) is 0 Å². The second kappa shape index (κ2) is 7.26. The van der Waals surface area contributed by atoms with Crippen molar-refractivity contribution in [3.63, 3.8) is 0 Å². The van der Waals surface area contributed by atoms with Crippen LogP contribution in [0.2, 0.25) is 0 Å². The van der Waals surface area contributed by atoms with Gasteiger partial charge in [-0.1, -0.05) is 84.4 Å². The first-order valence-electron chi connectivity index (χ1n) is 8.09. The van der Waals surface area contributed by atoms with Crippen LogP contribution in [0.15, 0.2) is 78.9 Å². The first kappa shape index (κ1) is 15.5. The van der Waals surface area contributed by atoms with Gasteiger partial charge in [-0.2, -0.15) is 0 Å². The van der Waals surface area contributed by atoms with Gasteiger partial charge in [-0.3, -0.25) is 4.90 Å². The SMILES string of the molecule is Cc1ccc(CN(C)Cc2ccc(-c3ccccc3)cc2)cc1. The molecule has 0 spiro atoms. The molecule has 0 unspecified atom stereocenters. The fourth-order valence-electron chi connectivity index (χ4n) is 2.81. The average Bonchev–Trinajstić information content (AvgIpc) is 2.58. The molecular weight excluding hydrogens is 278 g/mol. The summed E-state index contributed by atoms with van der Waals surface area (Å²) in [6, 6.07) is 28.2. The van der Waals surface area contributed by atoms with Crippen molar-refractivity contribution in [2.24, 2.45) is 0 Å². The van der Waals surface area contributed by atoms with Crippen molar-refractivity contribution in [3.05, 3.63) is 95.6 Å². The normalized spacial score (nSPS) is 10.9. The summed E-state index contributed by atoms with van der Waals surface area (Å²) in [5.74, 6) is 0. The maximum Gasteiger partial charge on any atom is 0.0234 e. The zero-order valence-corrected chi connectivity index (χ0v) is 13.9. The third-order valence-electron chi connectivity index (χ3n) is 4.09. The van der Waals surface area contributed by atoms with E-state index in [1.807, 2.05) is 0 Å². The van der Waals surface area contributed by atoms with E-state index in [0.29, 0.717) is 0 Å². The molecule has 0 atom stereocenters. The molecule has 0 aromatic heterocycles. The van der Waals surface area contributed by atoms with E-state index in [1.54, 1.807) is 0 Å². The molecule has 1 nitrogen and oxygen atoms in total. The quantitative estimate of drug-likeness (QED) is 0.618. The summed E-state index contributed by atoms with van der Waals surface area (Å²) in [5.41, 5.74) is 6.56. The lowest BCUT2D eigenvalue weighted by Crippen LogP contribution is -2.17. The van der Waals surface area contributed by atoms with Gasteiger partial charge >= 0.3 is 0 Å². The van der Waals surface area contributed by atoms with E-state index in [1.165, 1.54) is 27.8 Å². The molecule has 0 saturated carbocycles. The van der Waals surface area contributed by atoms with E-state index >= 15 is 0 Å². The monoisotopic (exact) mass is 301 g/mol. The van der Waals surface area contributed by atoms with Crippen molar-refractivity contribution in [1.82, 2.24) is 4.90 Å². The van der Waals surface area contributed by atoms with E-state index in [0.717, 1.165) is 13.1 Å². The van der Waals surface area contributed by atoms with Crippen molar-refractivity contribution < 1.29 is 0 Å². The van der Waals surface area contributed by atoms with Crippen LogP contribution in [-0.4, -0.2) is 11.9 Å². The minimum Gasteiger partial charge on any atom is -0.298 e. The molecule has 0 aliphatic carbocycles. The van der Waals surface area contributed by atoms with Crippen LogP contribution in [0, 0.1) is 6.92 Å². The van der Waals surface area contributed by atoms with Crippen molar-refractivity contribution in [2.45, 2.75) is 20.0 Å². The summed E-state index contributed by atoms with van der Waals surface area (Å²) in [4.78, 5) is 2.35. The Hall–Kier alpha value is -2.38. The molecule has 0 saturated heterocycles. The molecule has 0 N–H and O–H groups in total. The standard InChI is InChI=1S/C22H23N/c1-18-8-10-19(11-9-18)16-23(2)17-20-12-14-22(15-13-20)21-6-4-3-5-7-21/h3-15H,16-17H2,1-2H3. The highest BCUT2D eigenvalue weighted by molar-refractivity contribution is 5.63. The fourth-order valence-corrected chi connectivity index (χ4v) is 2.81. The first-order valence-corrected chi connectivity index (χ1v) is 8.09. The minimum atomic E-state index is 0.961. The summed E-state index contributed by atoms with van der Waals surface area (Å²) >= 11 is 0. The van der Waals surface area contributed by atoms with Gasteiger partial charge in [-0.15, -0.1) is 0 Å². The van der Waals surface area contributed by atoms with Gasteiger partial charge in [0, 0.05) is 13.1 Å². The molecule has 0 aliphatic heterocycles. The number of hydrogen-bond acceptors (Lipinski definition) is 1. The zero-order chi connectivity index (χ0) is 16.1. The van der Waals surface area contributed by atoms with E-state index in [9.17, 15) is 0 Å². The number of hydrogen-bond donors (Lipinski definition) is 0. The lowest BCUT2D eigenvalue weighted by atomic mass is 10.0. The minimum absolute atomic E-state index is 0.961. The molecule has 0 heterocycles. The average molecular weight is 301 g/mol. The molecule has 3 rings (SSSR count). The highest BCUT2D eigenvalue weighted by Crippen LogP contribution is 2.20. The highest BCUT2D eigenvalue weighted by Gasteiger charge is 2.03. The summed E-state index contributed by atoms with van der Waals surface area (Å²) in [6.45, 7) is 4.06. The molecule has 0 amide bonds. The molecule has 0 aliphatic rings. The number of benzene rings is 3. The summed E-state index contributed by atoms with van der Waals surface area (Å²) < 4.78 is 0. The van der Waals surface area contributed by atoms with Crippen molar-refractivity contribution in [1.29, 1.82) is 0 Å². The molecule has 0 fully saturated rings. The van der Waals surface area contributed by atoms with Gasteiger partial charge in [0.1, 0.15) is 0 Å². The van der Waals surface area contributed by atoms with Gasteiger partial charge < -0.3 is 0 Å². The van der Waals surface area contributed by atoms with Crippen LogP contribution in [0.25, 0.3) is 11.1 Å². The van der Waals surface area contributed by atoms with Gasteiger partial charge in [0.2, 0.25) is 0 Å². The van der Waals surface area contributed by atoms with Crippen LogP contribution in [0.1, 0.15) is 16.7 Å². The third-order valence-corrected chi connectivity index (χ3v) is 4.09. The number of rotatable bonds is 5. The van der Waals surface area contributed by atoms with Crippen molar-refractivity contribution in [3.8, 4) is 11.1 Å². The van der Waals surface area contributed by atoms with Gasteiger partial charge in [-0.05, 0) is 36.2 Å². The number of aryl methyl sites for hydroxylation is 1. The summed E-state index contributed by atoms with van der Waals surface area (Å²) in [6.07, 6.45) is 0. The second-order valence-electron chi connectivity index (χ2n) is 6.22. The molecule has 0 bridgehead atoms. The van der Waals surface area contributed by atoms with Crippen LogP contribution in [0.5, 0.6) is 0 Å². The maximum atomic E-state index is 2.35. The molecule has 3 aromatic carbocycles. The Kier molecular flexibility index (Phi) is 4.89. The van der Waals surface area contributed by atoms with Gasteiger partial charge in [0.15, 0.2) is 0 Å². The van der Waals surface area contributed by atoms with Crippen molar-refractivity contribution >= 4 is 0 Å². The summed E-state index contributed by atoms with van der Waals surface area (Å²) in [7, 11) is 2.17. The highest BCUT2D eigenvalue weighted by atomic mass is 15.1. The van der Waals surface area contributed by atoms with Gasteiger partial charge in [0.05, 0.1) is 0 Å². The van der Waals surface area contributed by atoms with E-state index in [4.69, 9.17) is 0 Å². The molecule has 116 valence electrons. The molecule has 23 heavy (non-hydrogen) atoms. The zero-order valence-electron chi connectivity index (χ0n) is 13.9. The Morgan fingerprint density at radius 3 is 1.65 bits per heavy atom. The predicted octanol–water partition coefficient (Wildman–Crippen LogP) is 5.29. The lowest BCUT2D eigenvalue weighted by Gasteiger charge is -2.17. The van der Waals surface area contributed by atoms with Crippen LogP contribution >= 0.6 is 0 Å². The second-order valence-corrected chi connectivity index (χ2v) is 6.22. The Labute approximate surface area is 139 Å². The smallest absolute Gasteiger partial charge is 0.0234 e. The van der Waals surface area contributed by atoms with Crippen molar-refractivity contribution in [2.75, 3.05) is 7.05 Å². The van der Waals surface area contributed by atoms with Crippen LogP contribution in [0.3, 0.4) is 0 Å². The Morgan fingerprint density at radius 1 is 0.609 bits per heavy atom. The Morgan fingerprint density at radius 2 is 1.09 bits per heavy atom. The van der Waals surface area contributed by atoms with Crippen LogP contribution in [-0.2, 0) is 13.1 Å². The van der Waals surface area contributed by atoms with Gasteiger partial charge in [-0.25, -0.2) is 0 Å². The molecule has 1 heteroatoms. The van der Waals surface area contributed by atoms with E-state index in [2.05, 4.69) is 97.7 Å². The molecule has 0 radical (unpaired) electrons.